The lowest BCUT2D eigenvalue weighted by atomic mass is 9.96. The highest BCUT2D eigenvalue weighted by molar-refractivity contribution is 5.85. The summed E-state index contributed by atoms with van der Waals surface area (Å²) in [5, 5.41) is 11.6. The van der Waals surface area contributed by atoms with Crippen LogP contribution in [0.4, 0.5) is 0 Å². The highest BCUT2D eigenvalue weighted by Gasteiger charge is 2.26. The molecule has 0 bridgehead atoms. The third-order valence-electron chi connectivity index (χ3n) is 3.09. The van der Waals surface area contributed by atoms with Gasteiger partial charge in [-0.1, -0.05) is 20.8 Å². The van der Waals surface area contributed by atoms with Crippen molar-refractivity contribution >= 4 is 17.8 Å². The molecule has 0 aliphatic carbocycles. The first-order valence-corrected chi connectivity index (χ1v) is 7.19. The highest BCUT2D eigenvalue weighted by atomic mass is 16.6. The smallest absolute Gasteiger partial charge is 0.326 e. The first-order valence-electron chi connectivity index (χ1n) is 7.19. The predicted octanol–water partition coefficient (Wildman–Crippen LogP) is 1.97. The zero-order valence-corrected chi connectivity index (χ0v) is 13.7. The molecule has 0 saturated carbocycles. The quantitative estimate of drug-likeness (QED) is 0.701. The molecule has 2 N–H and O–H groups in total. The summed E-state index contributed by atoms with van der Waals surface area (Å²) in [6.07, 6.45) is -0.0363. The molecule has 1 unspecified atom stereocenters. The van der Waals surface area contributed by atoms with E-state index in [1.54, 1.807) is 27.7 Å². The van der Waals surface area contributed by atoms with E-state index in [0.29, 0.717) is 0 Å². The van der Waals surface area contributed by atoms with Gasteiger partial charge in [0.2, 0.25) is 5.91 Å². The molecule has 0 fully saturated rings. The van der Waals surface area contributed by atoms with Crippen LogP contribution in [-0.4, -0.2) is 34.6 Å². The van der Waals surface area contributed by atoms with E-state index in [2.05, 4.69) is 5.32 Å². The fraction of sp³-hybridized carbons (Fsp3) is 0.800. The average molecular weight is 301 g/mol. The van der Waals surface area contributed by atoms with Crippen molar-refractivity contribution in [1.29, 1.82) is 0 Å². The fourth-order valence-corrected chi connectivity index (χ4v) is 1.52. The second-order valence-electron chi connectivity index (χ2n) is 6.56. The summed E-state index contributed by atoms with van der Waals surface area (Å²) in [4.78, 5) is 34.6. The highest BCUT2D eigenvalue weighted by Crippen LogP contribution is 2.12. The molecule has 0 aromatic rings. The van der Waals surface area contributed by atoms with Gasteiger partial charge in [-0.2, -0.15) is 0 Å². The van der Waals surface area contributed by atoms with Crippen molar-refractivity contribution in [2.45, 2.75) is 66.0 Å². The van der Waals surface area contributed by atoms with Gasteiger partial charge in [-0.3, -0.25) is 9.59 Å². The maximum absolute atomic E-state index is 11.9. The SMILES string of the molecule is CC(C)C(C)C(=O)N[C@H](CCC(=O)OC(C)(C)C)C(=O)O. The lowest BCUT2D eigenvalue weighted by Gasteiger charge is -2.21. The molecule has 122 valence electrons. The van der Waals surface area contributed by atoms with Gasteiger partial charge in [-0.25, -0.2) is 4.79 Å². The Kier molecular flexibility index (Phi) is 7.39. The molecule has 0 heterocycles. The summed E-state index contributed by atoms with van der Waals surface area (Å²) >= 11 is 0. The molecular formula is C15H27NO5. The molecule has 0 spiro atoms. The Balaban J connectivity index is 4.49. The summed E-state index contributed by atoms with van der Waals surface area (Å²) in [6.45, 7) is 10.7. The standard InChI is InChI=1S/C15H27NO5/c1-9(2)10(3)13(18)16-11(14(19)20)7-8-12(17)21-15(4,5)6/h9-11H,7-8H2,1-6H3,(H,16,18)(H,19,20)/t10?,11-/m1/s1. The summed E-state index contributed by atoms with van der Waals surface area (Å²) in [7, 11) is 0. The molecule has 0 aromatic carbocycles. The maximum Gasteiger partial charge on any atom is 0.326 e. The van der Waals surface area contributed by atoms with Gasteiger partial charge in [-0.15, -0.1) is 0 Å². The largest absolute Gasteiger partial charge is 0.480 e. The Morgan fingerprint density at radius 3 is 2.05 bits per heavy atom. The van der Waals surface area contributed by atoms with Crippen molar-refractivity contribution in [2.24, 2.45) is 11.8 Å². The Bertz CT molecular complexity index is 384. The van der Waals surface area contributed by atoms with E-state index < -0.39 is 23.6 Å². The maximum atomic E-state index is 11.9. The van der Waals surface area contributed by atoms with Gasteiger partial charge in [0, 0.05) is 12.3 Å². The molecule has 0 saturated heterocycles. The first kappa shape index (κ1) is 19.4. The molecule has 21 heavy (non-hydrogen) atoms. The molecule has 0 aliphatic rings. The van der Waals surface area contributed by atoms with Crippen LogP contribution in [0.2, 0.25) is 0 Å². The number of hydrogen-bond acceptors (Lipinski definition) is 4. The van der Waals surface area contributed by atoms with Crippen LogP contribution in [0.1, 0.15) is 54.4 Å². The number of aliphatic carboxylic acids is 1. The van der Waals surface area contributed by atoms with E-state index in [1.165, 1.54) is 0 Å². The van der Waals surface area contributed by atoms with Crippen molar-refractivity contribution in [2.75, 3.05) is 0 Å². The number of carboxylic acid groups (broad SMARTS) is 1. The lowest BCUT2D eigenvalue weighted by molar-refractivity contribution is -0.155. The van der Waals surface area contributed by atoms with Crippen LogP contribution in [-0.2, 0) is 19.1 Å². The van der Waals surface area contributed by atoms with Crippen LogP contribution in [0.5, 0.6) is 0 Å². The molecule has 0 aliphatic heterocycles. The summed E-state index contributed by atoms with van der Waals surface area (Å²) < 4.78 is 5.11. The van der Waals surface area contributed by atoms with Crippen LogP contribution in [0, 0.1) is 11.8 Å². The van der Waals surface area contributed by atoms with Crippen molar-refractivity contribution < 1.29 is 24.2 Å². The molecule has 0 radical (unpaired) electrons. The second kappa shape index (κ2) is 8.00. The minimum Gasteiger partial charge on any atom is -0.480 e. The Hall–Kier alpha value is -1.59. The van der Waals surface area contributed by atoms with E-state index in [4.69, 9.17) is 9.84 Å². The third-order valence-corrected chi connectivity index (χ3v) is 3.09. The third kappa shape index (κ3) is 8.32. The van der Waals surface area contributed by atoms with Crippen LogP contribution in [0.15, 0.2) is 0 Å². The Morgan fingerprint density at radius 2 is 1.67 bits per heavy atom. The van der Waals surface area contributed by atoms with Gasteiger partial charge in [0.05, 0.1) is 0 Å². The molecule has 0 rings (SSSR count). The molecular weight excluding hydrogens is 274 g/mol. The van der Waals surface area contributed by atoms with Crippen LogP contribution >= 0.6 is 0 Å². The van der Waals surface area contributed by atoms with Crippen molar-refractivity contribution in [3.8, 4) is 0 Å². The number of carbonyl (C=O) groups excluding carboxylic acids is 2. The molecule has 0 aromatic heterocycles. The fourth-order valence-electron chi connectivity index (χ4n) is 1.52. The zero-order valence-electron chi connectivity index (χ0n) is 13.7. The number of carbonyl (C=O) groups is 3. The second-order valence-corrected chi connectivity index (χ2v) is 6.56. The van der Waals surface area contributed by atoms with Gasteiger partial charge < -0.3 is 15.2 Å². The van der Waals surface area contributed by atoms with Crippen molar-refractivity contribution in [3.63, 3.8) is 0 Å². The van der Waals surface area contributed by atoms with Crippen molar-refractivity contribution in [3.05, 3.63) is 0 Å². The van der Waals surface area contributed by atoms with E-state index >= 15 is 0 Å². The number of carboxylic acids is 1. The number of hydrogen-bond donors (Lipinski definition) is 2. The number of amides is 1. The van der Waals surface area contributed by atoms with Crippen LogP contribution in [0.25, 0.3) is 0 Å². The monoisotopic (exact) mass is 301 g/mol. The number of ether oxygens (including phenoxy) is 1. The van der Waals surface area contributed by atoms with Gasteiger partial charge >= 0.3 is 11.9 Å². The van der Waals surface area contributed by atoms with Crippen LogP contribution in [0.3, 0.4) is 0 Å². The van der Waals surface area contributed by atoms with E-state index in [-0.39, 0.29) is 30.6 Å². The summed E-state index contributed by atoms with van der Waals surface area (Å²) in [5.41, 5.74) is -0.606. The Labute approximate surface area is 126 Å². The van der Waals surface area contributed by atoms with E-state index in [9.17, 15) is 14.4 Å². The van der Waals surface area contributed by atoms with E-state index in [1.807, 2.05) is 13.8 Å². The molecule has 6 heteroatoms. The topological polar surface area (TPSA) is 92.7 Å². The lowest BCUT2D eigenvalue weighted by Crippen LogP contribution is -2.44. The first-order chi connectivity index (χ1) is 9.44. The molecule has 6 nitrogen and oxygen atoms in total. The zero-order chi connectivity index (χ0) is 16.8. The minimum atomic E-state index is -1.15. The van der Waals surface area contributed by atoms with Gasteiger partial charge in [0.15, 0.2) is 0 Å². The average Bonchev–Trinajstić information content (AvgIpc) is 2.30. The van der Waals surface area contributed by atoms with Gasteiger partial charge in [-0.05, 0) is 33.1 Å². The van der Waals surface area contributed by atoms with Crippen LogP contribution < -0.4 is 5.32 Å². The predicted molar refractivity (Wildman–Crippen MR) is 78.6 cm³/mol. The number of nitrogens with one attached hydrogen (secondary N) is 1. The Morgan fingerprint density at radius 1 is 1.14 bits per heavy atom. The minimum absolute atomic E-state index is 0.0147. The normalized spacial score (nSPS) is 14.4. The van der Waals surface area contributed by atoms with Gasteiger partial charge in [0.1, 0.15) is 11.6 Å². The van der Waals surface area contributed by atoms with Gasteiger partial charge in [0.25, 0.3) is 0 Å². The van der Waals surface area contributed by atoms with Crippen molar-refractivity contribution in [1.82, 2.24) is 5.32 Å². The van der Waals surface area contributed by atoms with E-state index in [0.717, 1.165) is 0 Å². The summed E-state index contributed by atoms with van der Waals surface area (Å²) in [5.74, 6) is -2.11. The number of esters is 1. The summed E-state index contributed by atoms with van der Waals surface area (Å²) in [6, 6.07) is -1.08. The molecule has 1 amide bonds. The number of rotatable bonds is 7. The molecule has 2 atom stereocenters.